The number of carbonyl (C=O) groups is 2. The maximum absolute atomic E-state index is 12.2. The Labute approximate surface area is 120 Å². The fourth-order valence-electron chi connectivity index (χ4n) is 3.11. The maximum atomic E-state index is 12.2. The van der Waals surface area contributed by atoms with E-state index < -0.39 is 0 Å². The molecule has 2 heterocycles. The summed E-state index contributed by atoms with van der Waals surface area (Å²) in [6, 6.07) is 0.109. The van der Waals surface area contributed by atoms with Crippen LogP contribution in [0.5, 0.6) is 0 Å². The summed E-state index contributed by atoms with van der Waals surface area (Å²) in [6.45, 7) is 10.4. The molecule has 2 saturated heterocycles. The molecule has 0 saturated carbocycles. The number of amides is 3. The number of hydrogen-bond acceptors (Lipinski definition) is 3. The third-order valence-electron chi connectivity index (χ3n) is 4.07. The zero-order chi connectivity index (χ0) is 14.8. The minimum atomic E-state index is -0.127. The lowest BCUT2D eigenvalue weighted by Crippen LogP contribution is -2.48. The third-order valence-corrected chi connectivity index (χ3v) is 4.07. The fraction of sp³-hybridized carbons (Fsp3) is 0.857. The predicted molar refractivity (Wildman–Crippen MR) is 77.4 cm³/mol. The first-order valence-corrected chi connectivity index (χ1v) is 7.50. The van der Waals surface area contributed by atoms with Crippen LogP contribution in [0.4, 0.5) is 4.79 Å². The Hall–Kier alpha value is -1.30. The SMILES string of the molecule is CCN1CC2(CNCCN(C(=O)NC(C)C)C2)CC1=O. The van der Waals surface area contributed by atoms with Crippen molar-refractivity contribution in [3.63, 3.8) is 0 Å². The topological polar surface area (TPSA) is 64.7 Å². The first-order valence-electron chi connectivity index (χ1n) is 7.50. The normalized spacial score (nSPS) is 27.3. The van der Waals surface area contributed by atoms with Gasteiger partial charge in [0.1, 0.15) is 0 Å². The molecule has 20 heavy (non-hydrogen) atoms. The Morgan fingerprint density at radius 3 is 2.80 bits per heavy atom. The number of nitrogens with one attached hydrogen (secondary N) is 2. The Bertz CT molecular complexity index is 385. The molecule has 1 unspecified atom stereocenters. The minimum absolute atomic E-state index is 0.0227. The molecule has 6 nitrogen and oxygen atoms in total. The number of likely N-dealkylation sites (tertiary alicyclic amines) is 1. The molecule has 0 aromatic heterocycles. The van der Waals surface area contributed by atoms with Crippen LogP contribution in [0, 0.1) is 5.41 Å². The highest BCUT2D eigenvalue weighted by Gasteiger charge is 2.45. The molecule has 6 heteroatoms. The summed E-state index contributed by atoms with van der Waals surface area (Å²) < 4.78 is 0. The Morgan fingerprint density at radius 2 is 2.20 bits per heavy atom. The van der Waals surface area contributed by atoms with Gasteiger partial charge in [0.25, 0.3) is 0 Å². The number of urea groups is 1. The van der Waals surface area contributed by atoms with Gasteiger partial charge < -0.3 is 20.4 Å². The molecule has 0 bridgehead atoms. The Kier molecular flexibility index (Phi) is 4.52. The number of carbonyl (C=O) groups excluding carboxylic acids is 2. The van der Waals surface area contributed by atoms with E-state index in [2.05, 4.69) is 10.6 Å². The molecule has 0 aliphatic carbocycles. The van der Waals surface area contributed by atoms with E-state index >= 15 is 0 Å². The van der Waals surface area contributed by atoms with Gasteiger partial charge >= 0.3 is 6.03 Å². The van der Waals surface area contributed by atoms with Gasteiger partial charge in [0, 0.05) is 57.1 Å². The van der Waals surface area contributed by atoms with Crippen molar-refractivity contribution in [2.45, 2.75) is 33.2 Å². The van der Waals surface area contributed by atoms with Crippen LogP contribution in [-0.2, 0) is 4.79 Å². The summed E-state index contributed by atoms with van der Waals surface area (Å²) in [4.78, 5) is 28.0. The molecule has 2 rings (SSSR count). The summed E-state index contributed by atoms with van der Waals surface area (Å²) >= 11 is 0. The average Bonchev–Trinajstić information content (AvgIpc) is 2.55. The van der Waals surface area contributed by atoms with E-state index in [9.17, 15) is 9.59 Å². The van der Waals surface area contributed by atoms with Gasteiger partial charge in [-0.1, -0.05) is 0 Å². The van der Waals surface area contributed by atoms with Crippen molar-refractivity contribution < 1.29 is 9.59 Å². The van der Waals surface area contributed by atoms with Crippen LogP contribution in [0.15, 0.2) is 0 Å². The van der Waals surface area contributed by atoms with Crippen LogP contribution in [0.3, 0.4) is 0 Å². The van der Waals surface area contributed by atoms with Crippen LogP contribution < -0.4 is 10.6 Å². The lowest BCUT2D eigenvalue weighted by Gasteiger charge is -2.32. The van der Waals surface area contributed by atoms with Crippen molar-refractivity contribution in [3.05, 3.63) is 0 Å². The van der Waals surface area contributed by atoms with Crippen LogP contribution >= 0.6 is 0 Å². The second kappa shape index (κ2) is 5.99. The standard InChI is InChI=1S/C14H26N4O2/c1-4-17-9-14(7-12(17)19)8-15-5-6-18(10-14)13(20)16-11(2)3/h11,15H,4-10H2,1-3H3,(H,16,20). The lowest BCUT2D eigenvalue weighted by atomic mass is 9.86. The molecule has 3 amide bonds. The molecule has 2 fully saturated rings. The van der Waals surface area contributed by atoms with Crippen LogP contribution in [-0.4, -0.2) is 67.0 Å². The minimum Gasteiger partial charge on any atom is -0.342 e. The summed E-state index contributed by atoms with van der Waals surface area (Å²) in [5.41, 5.74) is -0.127. The van der Waals surface area contributed by atoms with E-state index in [1.165, 1.54) is 0 Å². The van der Waals surface area contributed by atoms with Crippen molar-refractivity contribution in [1.82, 2.24) is 20.4 Å². The van der Waals surface area contributed by atoms with Gasteiger partial charge in [-0.15, -0.1) is 0 Å². The molecule has 0 radical (unpaired) electrons. The summed E-state index contributed by atoms with van der Waals surface area (Å²) in [5, 5.41) is 6.33. The predicted octanol–water partition coefficient (Wildman–Crippen LogP) is 0.248. The fourth-order valence-corrected chi connectivity index (χ4v) is 3.11. The molecule has 1 atom stereocenters. The first-order chi connectivity index (χ1) is 9.46. The summed E-state index contributed by atoms with van der Waals surface area (Å²) in [5.74, 6) is 0.209. The van der Waals surface area contributed by atoms with E-state index in [1.807, 2.05) is 30.6 Å². The monoisotopic (exact) mass is 282 g/mol. The van der Waals surface area contributed by atoms with Crippen LogP contribution in [0.25, 0.3) is 0 Å². The third kappa shape index (κ3) is 3.23. The Morgan fingerprint density at radius 1 is 1.45 bits per heavy atom. The second-order valence-electron chi connectivity index (χ2n) is 6.29. The van der Waals surface area contributed by atoms with Gasteiger partial charge in [-0.3, -0.25) is 4.79 Å². The van der Waals surface area contributed by atoms with E-state index in [0.29, 0.717) is 19.5 Å². The quantitative estimate of drug-likeness (QED) is 0.763. The van der Waals surface area contributed by atoms with Gasteiger partial charge in [-0.25, -0.2) is 4.79 Å². The van der Waals surface area contributed by atoms with E-state index in [1.54, 1.807) is 0 Å². The number of nitrogens with zero attached hydrogens (tertiary/aromatic N) is 2. The van der Waals surface area contributed by atoms with Crippen molar-refractivity contribution in [2.75, 3.05) is 39.3 Å². The highest BCUT2D eigenvalue weighted by molar-refractivity contribution is 5.80. The molecule has 2 aliphatic heterocycles. The van der Waals surface area contributed by atoms with Gasteiger partial charge in [0.05, 0.1) is 0 Å². The van der Waals surface area contributed by atoms with E-state index in [0.717, 1.165) is 26.2 Å². The Balaban J connectivity index is 2.07. The highest BCUT2D eigenvalue weighted by atomic mass is 16.2. The lowest BCUT2D eigenvalue weighted by molar-refractivity contribution is -0.127. The van der Waals surface area contributed by atoms with Crippen molar-refractivity contribution in [1.29, 1.82) is 0 Å². The maximum Gasteiger partial charge on any atom is 0.317 e. The number of hydrogen-bond donors (Lipinski definition) is 2. The molecule has 2 aliphatic rings. The van der Waals surface area contributed by atoms with E-state index in [-0.39, 0.29) is 23.4 Å². The molecular weight excluding hydrogens is 256 g/mol. The number of rotatable bonds is 2. The van der Waals surface area contributed by atoms with Crippen molar-refractivity contribution in [3.8, 4) is 0 Å². The first kappa shape index (κ1) is 15.1. The zero-order valence-electron chi connectivity index (χ0n) is 12.7. The molecule has 1 spiro atoms. The van der Waals surface area contributed by atoms with Crippen LogP contribution in [0.1, 0.15) is 27.2 Å². The molecule has 114 valence electrons. The smallest absolute Gasteiger partial charge is 0.317 e. The largest absolute Gasteiger partial charge is 0.342 e. The van der Waals surface area contributed by atoms with E-state index in [4.69, 9.17) is 0 Å². The van der Waals surface area contributed by atoms with Crippen molar-refractivity contribution >= 4 is 11.9 Å². The summed E-state index contributed by atoms with van der Waals surface area (Å²) in [7, 11) is 0. The van der Waals surface area contributed by atoms with Gasteiger partial charge in [-0.05, 0) is 20.8 Å². The van der Waals surface area contributed by atoms with Crippen molar-refractivity contribution in [2.24, 2.45) is 5.41 Å². The molecule has 0 aromatic carbocycles. The zero-order valence-corrected chi connectivity index (χ0v) is 12.7. The van der Waals surface area contributed by atoms with Crippen LogP contribution in [0.2, 0.25) is 0 Å². The summed E-state index contributed by atoms with van der Waals surface area (Å²) in [6.07, 6.45) is 0.541. The highest BCUT2D eigenvalue weighted by Crippen LogP contribution is 2.32. The molecular formula is C14H26N4O2. The van der Waals surface area contributed by atoms with Gasteiger partial charge in [-0.2, -0.15) is 0 Å². The second-order valence-corrected chi connectivity index (χ2v) is 6.29. The molecule has 2 N–H and O–H groups in total. The van der Waals surface area contributed by atoms with Gasteiger partial charge in [0.2, 0.25) is 5.91 Å². The molecule has 0 aromatic rings. The van der Waals surface area contributed by atoms with Gasteiger partial charge in [0.15, 0.2) is 0 Å². The average molecular weight is 282 g/mol.